The zero-order chi connectivity index (χ0) is 17.9. The number of aromatic nitrogens is 2. The van der Waals surface area contributed by atoms with Crippen LogP contribution in [-0.4, -0.2) is 34.1 Å². The summed E-state index contributed by atoms with van der Waals surface area (Å²) in [5.74, 6) is -0.744. The molecule has 0 aromatic carbocycles. The molecule has 0 atom stereocenters. The number of methoxy groups -OCH3 is 1. The van der Waals surface area contributed by atoms with E-state index in [1.54, 1.807) is 13.0 Å². The molecule has 1 amide bonds. The number of thiophene rings is 1. The summed E-state index contributed by atoms with van der Waals surface area (Å²) in [6, 6.07) is 1.61. The molecule has 0 aliphatic carbocycles. The Hall–Kier alpha value is -2.32. The molecule has 0 saturated carbocycles. The summed E-state index contributed by atoms with van der Waals surface area (Å²) in [4.78, 5) is 32.4. The van der Waals surface area contributed by atoms with Crippen LogP contribution in [0.5, 0.6) is 0 Å². The number of aryl methyl sites for hydroxylation is 1. The molecule has 2 N–H and O–H groups in total. The third-order valence-corrected chi connectivity index (χ3v) is 4.35. The number of amides is 1. The van der Waals surface area contributed by atoms with Gasteiger partial charge in [0.2, 0.25) is 0 Å². The fourth-order valence-electron chi connectivity index (χ4n) is 2.22. The number of anilines is 1. The summed E-state index contributed by atoms with van der Waals surface area (Å²) in [6.45, 7) is 5.83. The molecule has 0 fully saturated rings. The topological polar surface area (TPSA) is 101 Å². The first-order chi connectivity index (χ1) is 11.3. The van der Waals surface area contributed by atoms with Crippen LogP contribution in [0.15, 0.2) is 12.3 Å². The standard InChI is InChI=1S/C16H19N3O4S/c1-8(2)13-11(6-17-9(3)18-13)15(20)19-12-5-10(7-23-4)14(24-12)16(21)22/h5-6,8H,7H2,1-4H3,(H,19,20)(H,21,22). The van der Waals surface area contributed by atoms with Gasteiger partial charge in [-0.15, -0.1) is 11.3 Å². The number of carboxylic acids is 1. The van der Waals surface area contributed by atoms with Gasteiger partial charge in [0.1, 0.15) is 10.7 Å². The second-order valence-corrected chi connectivity index (χ2v) is 6.58. The van der Waals surface area contributed by atoms with Crippen LogP contribution in [-0.2, 0) is 11.3 Å². The number of hydrogen-bond donors (Lipinski definition) is 2. The summed E-state index contributed by atoms with van der Waals surface area (Å²) >= 11 is 0.996. The summed E-state index contributed by atoms with van der Waals surface area (Å²) < 4.78 is 5.00. The second kappa shape index (κ2) is 7.50. The summed E-state index contributed by atoms with van der Waals surface area (Å²) in [6.07, 6.45) is 1.49. The van der Waals surface area contributed by atoms with E-state index in [1.165, 1.54) is 13.3 Å². The van der Waals surface area contributed by atoms with Gasteiger partial charge in [0, 0.05) is 18.9 Å². The maximum absolute atomic E-state index is 12.5. The highest BCUT2D eigenvalue weighted by Gasteiger charge is 2.20. The smallest absolute Gasteiger partial charge is 0.346 e. The molecule has 0 bridgehead atoms. The number of aromatic carboxylic acids is 1. The third kappa shape index (κ3) is 3.95. The number of ether oxygens (including phenoxy) is 1. The fraction of sp³-hybridized carbons (Fsp3) is 0.375. The van der Waals surface area contributed by atoms with Crippen LogP contribution >= 0.6 is 11.3 Å². The minimum atomic E-state index is -1.05. The van der Waals surface area contributed by atoms with Crippen molar-refractivity contribution in [3.05, 3.63) is 39.8 Å². The molecule has 7 nitrogen and oxygen atoms in total. The lowest BCUT2D eigenvalue weighted by Gasteiger charge is -2.11. The Morgan fingerprint density at radius 2 is 2.12 bits per heavy atom. The Morgan fingerprint density at radius 3 is 2.71 bits per heavy atom. The first-order valence-electron chi connectivity index (χ1n) is 7.33. The molecule has 24 heavy (non-hydrogen) atoms. The van der Waals surface area contributed by atoms with Crippen LogP contribution < -0.4 is 5.32 Å². The Bertz CT molecular complexity index is 771. The van der Waals surface area contributed by atoms with Crippen LogP contribution in [0.3, 0.4) is 0 Å². The van der Waals surface area contributed by atoms with E-state index in [-0.39, 0.29) is 23.3 Å². The molecule has 0 aliphatic heterocycles. The molecule has 0 unspecified atom stereocenters. The number of carbonyl (C=O) groups is 2. The van der Waals surface area contributed by atoms with Gasteiger partial charge in [-0.1, -0.05) is 13.8 Å². The first-order valence-corrected chi connectivity index (χ1v) is 8.15. The average molecular weight is 349 g/mol. The second-order valence-electron chi connectivity index (χ2n) is 5.53. The van der Waals surface area contributed by atoms with E-state index in [1.807, 2.05) is 13.8 Å². The molecule has 2 rings (SSSR count). The van der Waals surface area contributed by atoms with Crippen molar-refractivity contribution < 1.29 is 19.4 Å². The van der Waals surface area contributed by atoms with Crippen molar-refractivity contribution >= 4 is 28.2 Å². The number of hydrogen-bond acceptors (Lipinski definition) is 6. The molecule has 0 radical (unpaired) electrons. The van der Waals surface area contributed by atoms with E-state index < -0.39 is 5.97 Å². The number of carbonyl (C=O) groups excluding carboxylic acids is 1. The molecular weight excluding hydrogens is 330 g/mol. The van der Waals surface area contributed by atoms with Gasteiger partial charge >= 0.3 is 5.97 Å². The summed E-state index contributed by atoms with van der Waals surface area (Å²) in [5.41, 5.74) is 1.57. The highest BCUT2D eigenvalue weighted by Crippen LogP contribution is 2.29. The van der Waals surface area contributed by atoms with Crippen molar-refractivity contribution in [2.75, 3.05) is 12.4 Å². The Kier molecular flexibility index (Phi) is 5.63. The third-order valence-electron chi connectivity index (χ3n) is 3.27. The van der Waals surface area contributed by atoms with Gasteiger partial charge in [-0.2, -0.15) is 0 Å². The van der Waals surface area contributed by atoms with Crippen LogP contribution in [0.1, 0.15) is 56.9 Å². The minimum absolute atomic E-state index is 0.0643. The number of rotatable bonds is 6. The van der Waals surface area contributed by atoms with Gasteiger partial charge in [0.05, 0.1) is 22.9 Å². The van der Waals surface area contributed by atoms with Crippen LogP contribution in [0, 0.1) is 6.92 Å². The van der Waals surface area contributed by atoms with E-state index in [0.29, 0.717) is 27.6 Å². The molecule has 2 heterocycles. The average Bonchev–Trinajstić information content (AvgIpc) is 2.90. The molecule has 2 aromatic rings. The molecule has 0 spiro atoms. The van der Waals surface area contributed by atoms with Crippen molar-refractivity contribution in [3.8, 4) is 0 Å². The van der Waals surface area contributed by atoms with Gasteiger partial charge in [0.25, 0.3) is 5.91 Å². The predicted molar refractivity (Wildman–Crippen MR) is 90.8 cm³/mol. The number of carboxylic acid groups (broad SMARTS) is 1. The monoisotopic (exact) mass is 349 g/mol. The largest absolute Gasteiger partial charge is 0.477 e. The van der Waals surface area contributed by atoms with Gasteiger partial charge in [0.15, 0.2) is 0 Å². The molecule has 8 heteroatoms. The maximum Gasteiger partial charge on any atom is 0.346 e. The van der Waals surface area contributed by atoms with Crippen LogP contribution in [0.2, 0.25) is 0 Å². The van der Waals surface area contributed by atoms with Gasteiger partial charge in [-0.05, 0) is 18.9 Å². The fourth-order valence-corrected chi connectivity index (χ4v) is 3.12. The SMILES string of the molecule is COCc1cc(NC(=O)c2cnc(C)nc2C(C)C)sc1C(=O)O. The maximum atomic E-state index is 12.5. The van der Waals surface area contributed by atoms with Crippen LogP contribution in [0.4, 0.5) is 5.00 Å². The summed E-state index contributed by atoms with van der Waals surface area (Å²) in [7, 11) is 1.49. The first kappa shape index (κ1) is 18.0. The van der Waals surface area contributed by atoms with Crippen molar-refractivity contribution in [2.24, 2.45) is 0 Å². The molecular formula is C16H19N3O4S. The number of nitrogens with zero attached hydrogens (tertiary/aromatic N) is 2. The molecule has 0 saturated heterocycles. The number of nitrogens with one attached hydrogen (secondary N) is 1. The van der Waals surface area contributed by atoms with E-state index >= 15 is 0 Å². The Labute approximate surface area is 143 Å². The lowest BCUT2D eigenvalue weighted by Crippen LogP contribution is -2.16. The predicted octanol–water partition coefficient (Wildman–Crippen LogP) is 3.07. The van der Waals surface area contributed by atoms with E-state index in [4.69, 9.17) is 4.74 Å². The summed E-state index contributed by atoms with van der Waals surface area (Å²) in [5, 5.41) is 12.4. The van der Waals surface area contributed by atoms with Gasteiger partial charge in [-0.25, -0.2) is 14.8 Å². The van der Waals surface area contributed by atoms with Crippen molar-refractivity contribution in [1.29, 1.82) is 0 Å². The minimum Gasteiger partial charge on any atom is -0.477 e. The Morgan fingerprint density at radius 1 is 1.42 bits per heavy atom. The van der Waals surface area contributed by atoms with Crippen molar-refractivity contribution in [1.82, 2.24) is 9.97 Å². The zero-order valence-electron chi connectivity index (χ0n) is 13.9. The van der Waals surface area contributed by atoms with E-state index in [0.717, 1.165) is 11.3 Å². The molecule has 0 aliphatic rings. The van der Waals surface area contributed by atoms with Crippen molar-refractivity contribution in [2.45, 2.75) is 33.3 Å². The highest BCUT2D eigenvalue weighted by molar-refractivity contribution is 7.18. The van der Waals surface area contributed by atoms with E-state index in [9.17, 15) is 14.7 Å². The van der Waals surface area contributed by atoms with Gasteiger partial charge < -0.3 is 15.2 Å². The van der Waals surface area contributed by atoms with Gasteiger partial charge in [-0.3, -0.25) is 4.79 Å². The lowest BCUT2D eigenvalue weighted by atomic mass is 10.0. The van der Waals surface area contributed by atoms with E-state index in [2.05, 4.69) is 15.3 Å². The normalized spacial score (nSPS) is 10.9. The van der Waals surface area contributed by atoms with Crippen molar-refractivity contribution in [3.63, 3.8) is 0 Å². The van der Waals surface area contributed by atoms with Crippen LogP contribution in [0.25, 0.3) is 0 Å². The molecule has 128 valence electrons. The lowest BCUT2D eigenvalue weighted by molar-refractivity contribution is 0.0697. The zero-order valence-corrected chi connectivity index (χ0v) is 14.7. The quantitative estimate of drug-likeness (QED) is 0.831. The highest BCUT2D eigenvalue weighted by atomic mass is 32.1. The molecule has 2 aromatic heterocycles. The Balaban J connectivity index is 2.30.